The van der Waals surface area contributed by atoms with E-state index < -0.39 is 0 Å². The molecule has 0 aromatic heterocycles. The molecule has 1 N–H and O–H groups in total. The Morgan fingerprint density at radius 1 is 0.938 bits per heavy atom. The van der Waals surface area contributed by atoms with Crippen LogP contribution in [0.2, 0.25) is 0 Å². The molecule has 0 aromatic carbocycles. The van der Waals surface area contributed by atoms with Gasteiger partial charge in [-0.3, -0.25) is 0 Å². The summed E-state index contributed by atoms with van der Waals surface area (Å²) in [7, 11) is 0. The summed E-state index contributed by atoms with van der Waals surface area (Å²) in [6, 6.07) is 0. The number of hydrogen-bond acceptors (Lipinski definition) is 5. The van der Waals surface area contributed by atoms with Crippen LogP contribution in [-0.2, 0) is 20.9 Å². The van der Waals surface area contributed by atoms with Gasteiger partial charge in [-0.25, -0.2) is 0 Å². The standard InChI is InChI=1S/C10H22N3O2S/c1-2-11-16(12-3-7-14-8-4-12)13-5-9-15-10-6-13/h11H,2-10H2,1H3/q+1. The van der Waals surface area contributed by atoms with Gasteiger partial charge in [0.15, 0.2) is 0 Å². The van der Waals surface area contributed by atoms with Crippen LogP contribution in [0.1, 0.15) is 6.92 Å². The minimum absolute atomic E-state index is 0.0593. The van der Waals surface area contributed by atoms with E-state index in [0.29, 0.717) is 0 Å². The Kier molecular flexibility index (Phi) is 5.34. The van der Waals surface area contributed by atoms with E-state index in [9.17, 15) is 0 Å². The van der Waals surface area contributed by atoms with Gasteiger partial charge in [0.2, 0.25) is 0 Å². The van der Waals surface area contributed by atoms with Gasteiger partial charge < -0.3 is 9.47 Å². The van der Waals surface area contributed by atoms with Crippen LogP contribution >= 0.6 is 0 Å². The van der Waals surface area contributed by atoms with Crippen LogP contribution in [0.3, 0.4) is 0 Å². The van der Waals surface area contributed by atoms with E-state index in [2.05, 4.69) is 20.3 Å². The quantitative estimate of drug-likeness (QED) is 0.687. The average Bonchev–Trinajstić information content (AvgIpc) is 2.38. The van der Waals surface area contributed by atoms with E-state index in [4.69, 9.17) is 9.47 Å². The molecule has 0 aromatic rings. The fourth-order valence-electron chi connectivity index (χ4n) is 1.91. The third kappa shape index (κ3) is 3.32. The molecule has 0 radical (unpaired) electrons. The number of nitrogens with zero attached hydrogens (tertiary/aromatic N) is 2. The zero-order valence-electron chi connectivity index (χ0n) is 9.98. The van der Waals surface area contributed by atoms with Crippen LogP contribution in [0, 0.1) is 0 Å². The van der Waals surface area contributed by atoms with Crippen molar-refractivity contribution in [1.29, 1.82) is 0 Å². The molecular formula is C10H22N3O2S+. The van der Waals surface area contributed by atoms with Crippen LogP contribution in [0.5, 0.6) is 0 Å². The highest BCUT2D eigenvalue weighted by atomic mass is 32.2. The molecule has 2 rings (SSSR count). The molecule has 94 valence electrons. The zero-order valence-corrected chi connectivity index (χ0v) is 10.8. The molecule has 0 bridgehead atoms. The van der Waals surface area contributed by atoms with Crippen LogP contribution in [0.25, 0.3) is 0 Å². The molecule has 2 saturated heterocycles. The second-order valence-electron chi connectivity index (χ2n) is 3.84. The van der Waals surface area contributed by atoms with E-state index in [0.717, 1.165) is 59.2 Å². The van der Waals surface area contributed by atoms with Crippen LogP contribution in [-0.4, -0.2) is 67.8 Å². The smallest absolute Gasteiger partial charge is 0.265 e. The van der Waals surface area contributed by atoms with Gasteiger partial charge >= 0.3 is 0 Å². The first-order chi connectivity index (χ1) is 7.92. The average molecular weight is 248 g/mol. The van der Waals surface area contributed by atoms with E-state index >= 15 is 0 Å². The van der Waals surface area contributed by atoms with Crippen LogP contribution in [0.4, 0.5) is 0 Å². The molecule has 2 aliphatic heterocycles. The van der Waals surface area contributed by atoms with Gasteiger partial charge in [-0.15, -0.1) is 4.72 Å². The predicted molar refractivity (Wildman–Crippen MR) is 65.8 cm³/mol. The van der Waals surface area contributed by atoms with Gasteiger partial charge in [-0.05, 0) is 6.92 Å². The number of nitrogens with one attached hydrogen (secondary N) is 1. The number of hydrogen-bond donors (Lipinski definition) is 1. The summed E-state index contributed by atoms with van der Waals surface area (Å²) >= 11 is 0.0593. The molecule has 6 heteroatoms. The van der Waals surface area contributed by atoms with E-state index in [1.165, 1.54) is 0 Å². The van der Waals surface area contributed by atoms with Crippen molar-refractivity contribution in [2.75, 3.05) is 59.2 Å². The summed E-state index contributed by atoms with van der Waals surface area (Å²) < 4.78 is 19.4. The summed E-state index contributed by atoms with van der Waals surface area (Å²) in [6.45, 7) is 10.8. The number of rotatable bonds is 4. The molecule has 0 saturated carbocycles. The Labute approximate surface area is 101 Å². The highest BCUT2D eigenvalue weighted by Crippen LogP contribution is 2.13. The molecule has 0 aliphatic carbocycles. The third-order valence-electron chi connectivity index (χ3n) is 2.70. The van der Waals surface area contributed by atoms with Gasteiger partial charge in [0, 0.05) is 6.54 Å². The van der Waals surface area contributed by atoms with Crippen LogP contribution < -0.4 is 4.72 Å². The van der Waals surface area contributed by atoms with Crippen molar-refractivity contribution in [1.82, 2.24) is 13.3 Å². The van der Waals surface area contributed by atoms with Crippen molar-refractivity contribution in [2.45, 2.75) is 6.92 Å². The summed E-state index contributed by atoms with van der Waals surface area (Å²) in [5.74, 6) is 0. The van der Waals surface area contributed by atoms with Crippen molar-refractivity contribution < 1.29 is 9.47 Å². The van der Waals surface area contributed by atoms with Crippen molar-refractivity contribution >= 4 is 11.5 Å². The van der Waals surface area contributed by atoms with Gasteiger partial charge in [-0.2, -0.15) is 0 Å². The summed E-state index contributed by atoms with van der Waals surface area (Å²) in [5.41, 5.74) is 0. The molecule has 5 nitrogen and oxygen atoms in total. The highest BCUT2D eigenvalue weighted by Gasteiger charge is 2.38. The first-order valence-electron chi connectivity index (χ1n) is 6.05. The van der Waals surface area contributed by atoms with E-state index in [1.807, 2.05) is 0 Å². The lowest BCUT2D eigenvalue weighted by atomic mass is 10.5. The summed E-state index contributed by atoms with van der Waals surface area (Å²) in [5, 5.41) is 0. The highest BCUT2D eigenvalue weighted by molar-refractivity contribution is 7.90. The van der Waals surface area contributed by atoms with Crippen molar-refractivity contribution in [3.05, 3.63) is 0 Å². The Balaban J connectivity index is 1.91. The maximum Gasteiger partial charge on any atom is 0.265 e. The molecule has 0 spiro atoms. The van der Waals surface area contributed by atoms with Crippen molar-refractivity contribution in [3.8, 4) is 0 Å². The molecule has 0 amide bonds. The minimum atomic E-state index is 0.0593. The van der Waals surface area contributed by atoms with Crippen LogP contribution in [0.15, 0.2) is 0 Å². The monoisotopic (exact) mass is 248 g/mol. The molecule has 0 unspecified atom stereocenters. The second kappa shape index (κ2) is 6.78. The van der Waals surface area contributed by atoms with Gasteiger partial charge in [-0.1, -0.05) is 8.61 Å². The lowest BCUT2D eigenvalue weighted by Gasteiger charge is -2.31. The van der Waals surface area contributed by atoms with Gasteiger partial charge in [0.25, 0.3) is 11.5 Å². The number of morpholine rings is 2. The minimum Gasteiger partial charge on any atom is -0.378 e. The lowest BCUT2D eigenvalue weighted by Crippen LogP contribution is -2.57. The zero-order chi connectivity index (χ0) is 11.2. The maximum atomic E-state index is 5.41. The first kappa shape index (κ1) is 12.6. The largest absolute Gasteiger partial charge is 0.378 e. The van der Waals surface area contributed by atoms with Gasteiger partial charge in [0.1, 0.15) is 0 Å². The normalized spacial score (nSPS) is 25.1. The predicted octanol–water partition coefficient (Wildman–Crippen LogP) is -0.376. The number of ether oxygens (including phenoxy) is 2. The summed E-state index contributed by atoms with van der Waals surface area (Å²) in [4.78, 5) is 0. The van der Waals surface area contributed by atoms with Gasteiger partial charge in [0.05, 0.1) is 52.6 Å². The fraction of sp³-hybridized carbons (Fsp3) is 1.00. The van der Waals surface area contributed by atoms with Crippen molar-refractivity contribution in [3.63, 3.8) is 0 Å². The Morgan fingerprint density at radius 3 is 1.75 bits per heavy atom. The van der Waals surface area contributed by atoms with Crippen molar-refractivity contribution in [2.24, 2.45) is 0 Å². The third-order valence-corrected chi connectivity index (χ3v) is 4.96. The molecule has 0 atom stereocenters. The lowest BCUT2D eigenvalue weighted by molar-refractivity contribution is 0.0601. The second-order valence-corrected chi connectivity index (χ2v) is 5.69. The SMILES string of the molecule is CCN[S+](N1CCOCC1)N1CCOCC1. The van der Waals surface area contributed by atoms with E-state index in [-0.39, 0.29) is 11.5 Å². The summed E-state index contributed by atoms with van der Waals surface area (Å²) in [6.07, 6.45) is 0. The molecule has 2 heterocycles. The first-order valence-corrected chi connectivity index (χ1v) is 7.19. The topological polar surface area (TPSA) is 37.0 Å². The Morgan fingerprint density at radius 2 is 1.38 bits per heavy atom. The molecule has 16 heavy (non-hydrogen) atoms. The van der Waals surface area contributed by atoms with E-state index in [1.54, 1.807) is 0 Å². The Bertz CT molecular complexity index is 179. The molecular weight excluding hydrogens is 226 g/mol. The molecule has 2 fully saturated rings. The fourth-order valence-corrected chi connectivity index (χ4v) is 3.85. The Hall–Kier alpha value is 0.150. The maximum absolute atomic E-state index is 5.41. The molecule has 2 aliphatic rings.